The van der Waals surface area contributed by atoms with Crippen molar-refractivity contribution in [1.29, 1.82) is 0 Å². The number of hydrogen-bond acceptors (Lipinski definition) is 12. The van der Waals surface area contributed by atoms with Crippen molar-refractivity contribution in [3.8, 4) is 0 Å². The van der Waals surface area contributed by atoms with Crippen LogP contribution in [0.1, 0.15) is 86.0 Å². The van der Waals surface area contributed by atoms with E-state index in [4.69, 9.17) is 9.47 Å². The fourth-order valence-electron chi connectivity index (χ4n) is 9.86. The molecule has 5 aliphatic rings. The van der Waals surface area contributed by atoms with Crippen molar-refractivity contribution in [2.45, 2.75) is 152 Å². The molecule has 45 heavy (non-hydrogen) atoms. The van der Waals surface area contributed by atoms with Gasteiger partial charge in [0.1, 0.15) is 24.4 Å². The highest BCUT2D eigenvalue weighted by Gasteiger charge is 2.69. The zero-order chi connectivity index (χ0) is 33.5. The molecule has 0 aromatic carbocycles. The second-order valence-corrected chi connectivity index (χ2v) is 16.0. The van der Waals surface area contributed by atoms with Crippen molar-refractivity contribution in [3.05, 3.63) is 11.6 Å². The normalized spacial score (nSPS) is 48.9. The average molecular weight is 643 g/mol. The molecule has 15 atom stereocenters. The minimum Gasteiger partial charge on any atom is -0.394 e. The monoisotopic (exact) mass is 642 g/mol. The van der Waals surface area contributed by atoms with E-state index in [1.807, 2.05) is 13.8 Å². The highest BCUT2D eigenvalue weighted by Crippen LogP contribution is 2.68. The number of carbonyl (C=O) groups is 1. The van der Waals surface area contributed by atoms with Crippen molar-refractivity contribution in [1.82, 2.24) is 0 Å². The Kier molecular flexibility index (Phi) is 9.28. The summed E-state index contributed by atoms with van der Waals surface area (Å²) in [7, 11) is 0. The lowest BCUT2D eigenvalue weighted by molar-refractivity contribution is -0.328. The number of aliphatic hydroxyl groups is 9. The van der Waals surface area contributed by atoms with Gasteiger partial charge in [0.2, 0.25) is 0 Å². The van der Waals surface area contributed by atoms with Gasteiger partial charge in [-0.15, -0.1) is 0 Å². The summed E-state index contributed by atoms with van der Waals surface area (Å²) in [6, 6.07) is 0. The molecule has 4 fully saturated rings. The zero-order valence-electron chi connectivity index (χ0n) is 27.0. The Morgan fingerprint density at radius 1 is 0.978 bits per heavy atom. The van der Waals surface area contributed by atoms with Gasteiger partial charge in [-0.1, -0.05) is 13.8 Å². The van der Waals surface area contributed by atoms with Crippen molar-refractivity contribution in [3.63, 3.8) is 0 Å². The van der Waals surface area contributed by atoms with Crippen LogP contribution >= 0.6 is 0 Å². The summed E-state index contributed by atoms with van der Waals surface area (Å²) >= 11 is 0. The van der Waals surface area contributed by atoms with Gasteiger partial charge in [0.05, 0.1) is 41.7 Å². The molecule has 0 aromatic heterocycles. The Balaban J connectivity index is 1.47. The van der Waals surface area contributed by atoms with Crippen LogP contribution in [0.25, 0.3) is 0 Å². The lowest BCUT2D eigenvalue weighted by Crippen LogP contribution is -2.64. The van der Waals surface area contributed by atoms with E-state index in [-0.39, 0.29) is 43.8 Å². The number of ether oxygens (including phenoxy) is 2. The molecule has 2 unspecified atom stereocenters. The molecule has 12 nitrogen and oxygen atoms in total. The molecule has 0 spiro atoms. The van der Waals surface area contributed by atoms with E-state index in [0.29, 0.717) is 24.8 Å². The lowest BCUT2D eigenvalue weighted by Gasteiger charge is -2.61. The number of ketones is 1. The maximum absolute atomic E-state index is 13.5. The Bertz CT molecular complexity index is 1150. The molecule has 0 bridgehead atoms. The minimum atomic E-state index is -1.69. The van der Waals surface area contributed by atoms with E-state index in [9.17, 15) is 50.8 Å². The Morgan fingerprint density at radius 2 is 1.64 bits per heavy atom. The van der Waals surface area contributed by atoms with Crippen LogP contribution in [-0.2, 0) is 14.3 Å². The van der Waals surface area contributed by atoms with E-state index >= 15 is 0 Å². The van der Waals surface area contributed by atoms with Gasteiger partial charge in [-0.05, 0) is 101 Å². The van der Waals surface area contributed by atoms with Gasteiger partial charge in [-0.2, -0.15) is 0 Å². The number of carbonyl (C=O) groups excluding carboxylic acids is 1. The first-order valence-electron chi connectivity index (χ1n) is 16.5. The zero-order valence-corrected chi connectivity index (χ0v) is 27.0. The third kappa shape index (κ3) is 5.65. The predicted molar refractivity (Wildman–Crippen MR) is 159 cm³/mol. The number of hydrogen-bond donors (Lipinski definition) is 9. The number of aliphatic hydroxyl groups excluding tert-OH is 6. The SMILES string of the molecule is CC(C)(O)CCC(OC1O[C@H](CO)[C@@H](O)[C@H](O)[C@H]1O)[C@](C)(O)[C@H]1CC[C@@]2(O)C3=CC(=O)[C@@H]4C[C@@H](O)[C@@H](O)C[C@]4(C)[C@H]3CC[C@]12C. The molecule has 0 aromatic rings. The van der Waals surface area contributed by atoms with Crippen LogP contribution in [0.2, 0.25) is 0 Å². The Labute approximate surface area is 264 Å². The quantitative estimate of drug-likeness (QED) is 0.166. The molecule has 3 saturated carbocycles. The van der Waals surface area contributed by atoms with Crippen molar-refractivity contribution < 1.29 is 60.2 Å². The molecule has 1 aliphatic heterocycles. The van der Waals surface area contributed by atoms with Crippen LogP contribution in [0.4, 0.5) is 0 Å². The summed E-state index contributed by atoms with van der Waals surface area (Å²) in [5.74, 6) is -1.40. The van der Waals surface area contributed by atoms with Crippen LogP contribution in [0.15, 0.2) is 11.6 Å². The van der Waals surface area contributed by atoms with Crippen LogP contribution in [0, 0.1) is 28.6 Å². The fraction of sp³-hybridized carbons (Fsp3) is 0.909. The third-order valence-corrected chi connectivity index (χ3v) is 12.6. The molecule has 9 N–H and O–H groups in total. The van der Waals surface area contributed by atoms with Gasteiger partial charge in [0.15, 0.2) is 12.1 Å². The summed E-state index contributed by atoms with van der Waals surface area (Å²) in [6.45, 7) is 8.06. The van der Waals surface area contributed by atoms with Gasteiger partial charge in [0.25, 0.3) is 0 Å². The third-order valence-electron chi connectivity index (χ3n) is 12.6. The molecule has 1 saturated heterocycles. The highest BCUT2D eigenvalue weighted by molar-refractivity contribution is 5.95. The highest BCUT2D eigenvalue weighted by atomic mass is 16.7. The lowest BCUT2D eigenvalue weighted by atomic mass is 9.45. The fourth-order valence-corrected chi connectivity index (χ4v) is 9.86. The minimum absolute atomic E-state index is 0.111. The molecule has 0 amide bonds. The Morgan fingerprint density at radius 3 is 2.27 bits per heavy atom. The van der Waals surface area contributed by atoms with Gasteiger partial charge >= 0.3 is 0 Å². The molecule has 12 heteroatoms. The smallest absolute Gasteiger partial charge is 0.187 e. The summed E-state index contributed by atoms with van der Waals surface area (Å²) < 4.78 is 11.8. The predicted octanol–water partition coefficient (Wildman–Crippen LogP) is -0.322. The van der Waals surface area contributed by atoms with E-state index in [2.05, 4.69) is 0 Å². The number of allylic oxidation sites excluding steroid dienone is 1. The first kappa shape index (κ1) is 35.3. The molecular weight excluding hydrogens is 588 g/mol. The van der Waals surface area contributed by atoms with Gasteiger partial charge in [-0.25, -0.2) is 0 Å². The number of rotatable bonds is 8. The standard InChI is InChI=1S/C33H54O12/c1-29(2,41)9-8-24(45-28-27(40)26(39)25(38)22(15-34)44-28)32(5,42)23-7-11-33(43)17-12-19(35)18-13-20(36)21(37)14-30(18,3)16(17)6-10-31(23,33)4/h12,16,18,20-28,34,36-43H,6-11,13-15H2,1-5H3/t16-,18-,20+,21-,22+,23-,24?,25+,26-,27+,28?,30+,31+,32+,33+/m0/s1. The largest absolute Gasteiger partial charge is 0.394 e. The maximum Gasteiger partial charge on any atom is 0.187 e. The molecule has 0 radical (unpaired) electrons. The van der Waals surface area contributed by atoms with E-state index in [0.717, 1.165) is 0 Å². The van der Waals surface area contributed by atoms with Gasteiger partial charge < -0.3 is 55.4 Å². The van der Waals surface area contributed by atoms with Gasteiger partial charge in [0, 0.05) is 11.3 Å². The van der Waals surface area contributed by atoms with Crippen LogP contribution in [0.5, 0.6) is 0 Å². The second-order valence-electron chi connectivity index (χ2n) is 16.0. The first-order chi connectivity index (χ1) is 20.7. The molecule has 1 heterocycles. The van der Waals surface area contributed by atoms with E-state index < -0.39 is 95.1 Å². The molecule has 258 valence electrons. The second kappa shape index (κ2) is 11.8. The van der Waals surface area contributed by atoms with Crippen LogP contribution < -0.4 is 0 Å². The summed E-state index contributed by atoms with van der Waals surface area (Å²) in [6.07, 6.45) is -6.69. The molecule has 4 aliphatic carbocycles. The van der Waals surface area contributed by atoms with Crippen LogP contribution in [-0.4, -0.2) is 124 Å². The van der Waals surface area contributed by atoms with Crippen LogP contribution in [0.3, 0.4) is 0 Å². The van der Waals surface area contributed by atoms with Crippen molar-refractivity contribution in [2.24, 2.45) is 28.6 Å². The molecular formula is C33H54O12. The summed E-state index contributed by atoms with van der Waals surface area (Å²) in [5, 5.41) is 97.6. The van der Waals surface area contributed by atoms with E-state index in [1.54, 1.807) is 26.8 Å². The first-order valence-corrected chi connectivity index (χ1v) is 16.5. The van der Waals surface area contributed by atoms with E-state index in [1.165, 1.54) is 0 Å². The maximum atomic E-state index is 13.5. The summed E-state index contributed by atoms with van der Waals surface area (Å²) in [5.41, 5.74) is -5.20. The summed E-state index contributed by atoms with van der Waals surface area (Å²) in [4.78, 5) is 13.5. The average Bonchev–Trinajstić information content (AvgIpc) is 3.23. The number of fused-ring (bicyclic) bond motifs is 5. The van der Waals surface area contributed by atoms with Crippen molar-refractivity contribution >= 4 is 5.78 Å². The molecule has 5 rings (SSSR count). The van der Waals surface area contributed by atoms with Crippen molar-refractivity contribution in [2.75, 3.05) is 6.61 Å². The topological polar surface area (TPSA) is 218 Å². The Hall–Kier alpha value is -1.03. The van der Waals surface area contributed by atoms with Gasteiger partial charge in [-0.3, -0.25) is 4.79 Å².